The summed E-state index contributed by atoms with van der Waals surface area (Å²) in [5.74, 6) is 0.682. The molecule has 3 aromatic rings. The zero-order chi connectivity index (χ0) is 22.9. The lowest BCUT2D eigenvalue weighted by Crippen LogP contribution is -2.34. The predicted octanol–water partition coefficient (Wildman–Crippen LogP) is 4.32. The van der Waals surface area contributed by atoms with Crippen LogP contribution in [0.1, 0.15) is 37.5 Å². The van der Waals surface area contributed by atoms with E-state index in [-0.39, 0.29) is 12.5 Å². The smallest absolute Gasteiger partial charge is 0.260 e. The number of fused-ring (bicyclic) bond motifs is 1. The quantitative estimate of drug-likeness (QED) is 0.354. The van der Waals surface area contributed by atoms with Crippen molar-refractivity contribution in [1.29, 1.82) is 0 Å². The normalized spacial score (nSPS) is 12.1. The van der Waals surface area contributed by atoms with Crippen molar-refractivity contribution in [1.82, 2.24) is 15.2 Å². The molecule has 0 radical (unpaired) electrons. The van der Waals surface area contributed by atoms with Gasteiger partial charge in [0, 0.05) is 36.2 Å². The molecule has 0 fully saturated rings. The average Bonchev–Trinajstić information content (AvgIpc) is 3.21. The number of likely N-dealkylation sites (N-methyl/N-ethyl adjacent to an activating group) is 1. The number of benzene rings is 2. The van der Waals surface area contributed by atoms with Crippen LogP contribution in [0.25, 0.3) is 10.9 Å². The van der Waals surface area contributed by atoms with E-state index in [9.17, 15) is 9.90 Å². The Morgan fingerprint density at radius 1 is 1.22 bits per heavy atom. The van der Waals surface area contributed by atoms with E-state index in [1.54, 1.807) is 17.0 Å². The third-order valence-corrected chi connectivity index (χ3v) is 5.84. The third kappa shape index (κ3) is 6.25. The van der Waals surface area contributed by atoms with Crippen molar-refractivity contribution < 1.29 is 14.6 Å². The fourth-order valence-corrected chi connectivity index (χ4v) is 3.99. The van der Waals surface area contributed by atoms with Crippen LogP contribution >= 0.6 is 11.6 Å². The monoisotopic (exact) mass is 457 g/mol. The molecule has 0 spiro atoms. The average molecular weight is 458 g/mol. The molecule has 172 valence electrons. The molecule has 0 aliphatic heterocycles. The molecule has 32 heavy (non-hydrogen) atoms. The molecule has 0 unspecified atom stereocenters. The van der Waals surface area contributed by atoms with Gasteiger partial charge in [-0.15, -0.1) is 0 Å². The van der Waals surface area contributed by atoms with Gasteiger partial charge in [-0.05, 0) is 62.6 Å². The second-order valence-corrected chi connectivity index (χ2v) is 8.16. The van der Waals surface area contributed by atoms with Gasteiger partial charge in [-0.1, -0.05) is 35.9 Å². The number of nitrogens with one attached hydrogen (secondary N) is 2. The largest absolute Gasteiger partial charge is 0.482 e. The van der Waals surface area contributed by atoms with Crippen LogP contribution in [0.5, 0.6) is 5.75 Å². The van der Waals surface area contributed by atoms with Gasteiger partial charge in [0.05, 0.1) is 11.6 Å². The van der Waals surface area contributed by atoms with Crippen LogP contribution in [0, 0.1) is 0 Å². The Kier molecular flexibility index (Phi) is 8.97. The molecule has 0 aliphatic carbocycles. The number of ether oxygens (including phenoxy) is 1. The van der Waals surface area contributed by atoms with Crippen molar-refractivity contribution in [3.8, 4) is 5.75 Å². The van der Waals surface area contributed by atoms with Gasteiger partial charge in [0.1, 0.15) is 5.75 Å². The first-order valence-electron chi connectivity index (χ1n) is 11.2. The number of carbonyl (C=O) groups is 1. The van der Waals surface area contributed by atoms with E-state index in [2.05, 4.69) is 16.4 Å². The Balaban J connectivity index is 1.49. The van der Waals surface area contributed by atoms with Crippen LogP contribution in [-0.2, 0) is 11.2 Å². The lowest BCUT2D eigenvalue weighted by molar-refractivity contribution is -0.132. The third-order valence-electron chi connectivity index (χ3n) is 5.60. The van der Waals surface area contributed by atoms with Crippen molar-refractivity contribution in [2.24, 2.45) is 0 Å². The molecule has 6 nitrogen and oxygen atoms in total. The molecule has 1 atom stereocenters. The van der Waals surface area contributed by atoms with Gasteiger partial charge >= 0.3 is 0 Å². The van der Waals surface area contributed by atoms with Gasteiger partial charge in [0.25, 0.3) is 5.91 Å². The van der Waals surface area contributed by atoms with Crippen LogP contribution in [0.3, 0.4) is 0 Å². The van der Waals surface area contributed by atoms with E-state index in [0.29, 0.717) is 30.4 Å². The minimum absolute atomic E-state index is 0.00943. The molecule has 0 saturated carbocycles. The highest BCUT2D eigenvalue weighted by Crippen LogP contribution is 2.28. The van der Waals surface area contributed by atoms with Crippen LogP contribution in [0.2, 0.25) is 5.02 Å². The molecular weight excluding hydrogens is 426 g/mol. The highest BCUT2D eigenvalue weighted by Gasteiger charge is 2.13. The zero-order valence-corrected chi connectivity index (χ0v) is 19.5. The first-order chi connectivity index (χ1) is 15.5. The van der Waals surface area contributed by atoms with Crippen LogP contribution in [-0.4, -0.2) is 53.7 Å². The van der Waals surface area contributed by atoms with Gasteiger partial charge in [0.15, 0.2) is 6.61 Å². The summed E-state index contributed by atoms with van der Waals surface area (Å²) in [6.45, 7) is 6.59. The number of hydrogen-bond acceptors (Lipinski definition) is 4. The summed E-state index contributed by atoms with van der Waals surface area (Å²) >= 11 is 5.99. The summed E-state index contributed by atoms with van der Waals surface area (Å²) in [5, 5.41) is 15.3. The molecule has 1 aromatic heterocycles. The van der Waals surface area contributed by atoms with E-state index in [0.717, 1.165) is 35.9 Å². The van der Waals surface area contributed by atoms with Crippen molar-refractivity contribution in [2.45, 2.75) is 32.8 Å². The second kappa shape index (κ2) is 11.9. The molecular formula is C25H32ClN3O3. The molecule has 3 rings (SSSR count). The fourth-order valence-electron chi connectivity index (χ4n) is 3.79. The Labute approximate surface area is 194 Å². The molecule has 0 saturated heterocycles. The zero-order valence-electron chi connectivity index (χ0n) is 18.7. The van der Waals surface area contributed by atoms with E-state index in [1.807, 2.05) is 44.3 Å². The Bertz CT molecular complexity index is 1020. The molecule has 2 aromatic carbocycles. The number of aromatic amines is 1. The number of H-pyrrole nitrogens is 1. The number of hydrogen-bond donors (Lipinski definition) is 3. The number of para-hydroxylation sites is 1. The van der Waals surface area contributed by atoms with Gasteiger partial charge in [-0.3, -0.25) is 4.79 Å². The molecule has 1 amide bonds. The number of aryl methyl sites for hydroxylation is 1. The highest BCUT2D eigenvalue weighted by atomic mass is 35.5. The summed E-state index contributed by atoms with van der Waals surface area (Å²) in [6, 6.07) is 13.2. The summed E-state index contributed by atoms with van der Waals surface area (Å²) in [7, 11) is 0. The highest BCUT2D eigenvalue weighted by molar-refractivity contribution is 6.30. The summed E-state index contributed by atoms with van der Waals surface area (Å²) in [4.78, 5) is 17.3. The Morgan fingerprint density at radius 2 is 2.00 bits per heavy atom. The summed E-state index contributed by atoms with van der Waals surface area (Å²) in [6.07, 6.45) is 3.24. The first kappa shape index (κ1) is 24.1. The summed E-state index contributed by atoms with van der Waals surface area (Å²) < 4.78 is 5.83. The number of halogens is 1. The lowest BCUT2D eigenvalue weighted by Gasteiger charge is -2.18. The number of aliphatic hydroxyl groups is 1. The lowest BCUT2D eigenvalue weighted by atomic mass is 10.1. The minimum atomic E-state index is -0.583. The number of aromatic nitrogens is 1. The van der Waals surface area contributed by atoms with E-state index in [1.165, 1.54) is 5.56 Å². The predicted molar refractivity (Wildman–Crippen MR) is 129 cm³/mol. The van der Waals surface area contributed by atoms with E-state index in [4.69, 9.17) is 16.3 Å². The maximum Gasteiger partial charge on any atom is 0.260 e. The molecule has 1 heterocycles. The Hall–Kier alpha value is -2.54. The van der Waals surface area contributed by atoms with Gasteiger partial charge < -0.3 is 25.0 Å². The molecule has 0 aliphatic rings. The van der Waals surface area contributed by atoms with Crippen molar-refractivity contribution in [3.63, 3.8) is 0 Å². The minimum Gasteiger partial charge on any atom is -0.482 e. The van der Waals surface area contributed by atoms with Crippen molar-refractivity contribution in [2.75, 3.05) is 32.8 Å². The maximum absolute atomic E-state index is 12.2. The maximum atomic E-state index is 12.2. The number of amides is 1. The first-order valence-corrected chi connectivity index (χ1v) is 11.5. The number of carbonyl (C=O) groups excluding carboxylic acids is 1. The molecule has 7 heteroatoms. The van der Waals surface area contributed by atoms with Crippen LogP contribution < -0.4 is 10.1 Å². The van der Waals surface area contributed by atoms with Gasteiger partial charge in [0.2, 0.25) is 0 Å². The second-order valence-electron chi connectivity index (χ2n) is 7.73. The number of aliphatic hydroxyl groups excluding tert-OH is 1. The van der Waals surface area contributed by atoms with Crippen LogP contribution in [0.4, 0.5) is 0 Å². The molecule has 3 N–H and O–H groups in total. The van der Waals surface area contributed by atoms with Gasteiger partial charge in [-0.2, -0.15) is 0 Å². The van der Waals surface area contributed by atoms with Crippen molar-refractivity contribution in [3.05, 3.63) is 64.8 Å². The number of rotatable bonds is 12. The standard InChI is InChI=1S/C25H32ClN3O3/c1-3-29(4-2)24(31)17-32-23-12-6-11-21-19(15-28-25(21)23)9-7-13-27-16-22(30)18-8-5-10-20(26)14-18/h5-6,8,10-12,14-15,22,27-28,30H,3-4,7,9,13,16-17H2,1-2H3/t22-/m1/s1. The SMILES string of the molecule is CCN(CC)C(=O)COc1cccc2c(CCCNC[C@@H](O)c3cccc(Cl)c3)c[nH]c12. The number of nitrogens with zero attached hydrogens (tertiary/aromatic N) is 1. The topological polar surface area (TPSA) is 77.6 Å². The van der Waals surface area contributed by atoms with Crippen LogP contribution in [0.15, 0.2) is 48.7 Å². The van der Waals surface area contributed by atoms with Crippen molar-refractivity contribution >= 4 is 28.4 Å². The fraction of sp³-hybridized carbons (Fsp3) is 0.400. The van der Waals surface area contributed by atoms with E-state index >= 15 is 0 Å². The molecule has 0 bridgehead atoms. The Morgan fingerprint density at radius 3 is 2.75 bits per heavy atom. The van der Waals surface area contributed by atoms with Gasteiger partial charge in [-0.25, -0.2) is 0 Å². The van der Waals surface area contributed by atoms with E-state index < -0.39 is 6.10 Å². The summed E-state index contributed by atoms with van der Waals surface area (Å²) in [5.41, 5.74) is 2.94.